The van der Waals surface area contributed by atoms with Gasteiger partial charge >= 0.3 is 0 Å². The van der Waals surface area contributed by atoms with E-state index in [1.165, 1.54) is 36.8 Å². The highest BCUT2D eigenvalue weighted by molar-refractivity contribution is 7.69. The third-order valence-electron chi connectivity index (χ3n) is 7.02. The molecule has 0 spiro atoms. The molecule has 2 atom stereocenters. The molecule has 2 aliphatic rings. The lowest BCUT2D eigenvalue weighted by Crippen LogP contribution is -2.41. The second-order valence-corrected chi connectivity index (χ2v) is 13.1. The van der Waals surface area contributed by atoms with Crippen molar-refractivity contribution in [3.8, 4) is 0 Å². The standard InChI is InChI=1S/C27H39N2OP/c1-27(2,3)24-17-15-23(16-18-24)26(28-19-9-5-10-20-28)31(30,25-13-7-4-8-14-25)29-21-11-6-12-22-29/h4,7-8,13-18,26H,5-6,9-12,19-22H2,1-3H3/t26-,31+/m0/s1. The van der Waals surface area contributed by atoms with Gasteiger partial charge in [-0.15, -0.1) is 0 Å². The number of rotatable bonds is 5. The monoisotopic (exact) mass is 438 g/mol. The number of piperidine rings is 2. The van der Waals surface area contributed by atoms with E-state index in [2.05, 4.69) is 78.9 Å². The first kappa shape index (κ1) is 22.8. The van der Waals surface area contributed by atoms with Crippen LogP contribution in [0, 0.1) is 0 Å². The molecule has 2 aromatic carbocycles. The Labute approximate surface area is 189 Å². The summed E-state index contributed by atoms with van der Waals surface area (Å²) in [4.78, 5) is 2.54. The van der Waals surface area contributed by atoms with Crippen LogP contribution in [0.2, 0.25) is 0 Å². The Kier molecular flexibility index (Phi) is 7.06. The predicted octanol–water partition coefficient (Wildman–Crippen LogP) is 6.56. The highest BCUT2D eigenvalue weighted by atomic mass is 31.2. The third kappa shape index (κ3) is 4.85. The summed E-state index contributed by atoms with van der Waals surface area (Å²) in [5, 5.41) is 1.02. The van der Waals surface area contributed by atoms with Crippen LogP contribution in [0.25, 0.3) is 0 Å². The molecule has 0 aliphatic carbocycles. The van der Waals surface area contributed by atoms with Crippen molar-refractivity contribution in [3.05, 3.63) is 65.7 Å². The first-order chi connectivity index (χ1) is 14.9. The van der Waals surface area contributed by atoms with Crippen LogP contribution in [0.4, 0.5) is 0 Å². The summed E-state index contributed by atoms with van der Waals surface area (Å²) in [6.07, 6.45) is 7.22. The number of hydrogen-bond donors (Lipinski definition) is 0. The topological polar surface area (TPSA) is 23.6 Å². The van der Waals surface area contributed by atoms with Crippen molar-refractivity contribution in [2.45, 2.75) is 70.5 Å². The molecular weight excluding hydrogens is 399 g/mol. The average Bonchev–Trinajstić information content (AvgIpc) is 2.81. The van der Waals surface area contributed by atoms with Crippen molar-refractivity contribution in [1.29, 1.82) is 0 Å². The quantitative estimate of drug-likeness (QED) is 0.494. The molecule has 168 valence electrons. The van der Waals surface area contributed by atoms with Gasteiger partial charge in [0.1, 0.15) is 5.78 Å². The van der Waals surface area contributed by atoms with Gasteiger partial charge in [0.15, 0.2) is 7.29 Å². The molecule has 2 saturated heterocycles. The highest BCUT2D eigenvalue weighted by Crippen LogP contribution is 2.63. The van der Waals surface area contributed by atoms with Crippen LogP contribution < -0.4 is 5.30 Å². The second-order valence-electron chi connectivity index (χ2n) is 10.3. The summed E-state index contributed by atoms with van der Waals surface area (Å²) >= 11 is 0. The Bertz CT molecular complexity index is 876. The first-order valence-electron chi connectivity index (χ1n) is 12.2. The zero-order valence-corrected chi connectivity index (χ0v) is 20.5. The molecule has 0 saturated carbocycles. The van der Waals surface area contributed by atoms with Crippen molar-refractivity contribution in [3.63, 3.8) is 0 Å². The maximum atomic E-state index is 15.3. The summed E-state index contributed by atoms with van der Waals surface area (Å²) in [6, 6.07) is 19.4. The fourth-order valence-electron chi connectivity index (χ4n) is 5.23. The maximum absolute atomic E-state index is 15.3. The average molecular weight is 439 g/mol. The molecule has 0 amide bonds. The maximum Gasteiger partial charge on any atom is 0.199 e. The number of hydrogen-bond acceptors (Lipinski definition) is 2. The summed E-state index contributed by atoms with van der Waals surface area (Å²) in [7, 11) is -2.84. The van der Waals surface area contributed by atoms with E-state index in [1.807, 2.05) is 6.07 Å². The minimum absolute atomic E-state index is 0.0673. The smallest absolute Gasteiger partial charge is 0.199 e. The van der Waals surface area contributed by atoms with Crippen LogP contribution in [-0.2, 0) is 9.98 Å². The molecule has 0 N–H and O–H groups in total. The van der Waals surface area contributed by atoms with Crippen molar-refractivity contribution in [2.24, 2.45) is 0 Å². The van der Waals surface area contributed by atoms with Gasteiger partial charge in [0.2, 0.25) is 0 Å². The van der Waals surface area contributed by atoms with E-state index >= 15 is 4.57 Å². The van der Waals surface area contributed by atoms with E-state index in [0.29, 0.717) is 0 Å². The summed E-state index contributed by atoms with van der Waals surface area (Å²) in [5.74, 6) is -0.0673. The Morgan fingerprint density at radius 1 is 0.742 bits per heavy atom. The van der Waals surface area contributed by atoms with E-state index in [9.17, 15) is 0 Å². The molecule has 4 rings (SSSR count). The van der Waals surface area contributed by atoms with Gasteiger partial charge in [-0.3, -0.25) is 9.46 Å². The van der Waals surface area contributed by atoms with E-state index in [1.54, 1.807) is 0 Å². The van der Waals surface area contributed by atoms with Gasteiger partial charge in [0.25, 0.3) is 0 Å². The second kappa shape index (κ2) is 9.61. The predicted molar refractivity (Wildman–Crippen MR) is 132 cm³/mol. The zero-order chi connectivity index (χ0) is 21.9. The molecule has 0 bridgehead atoms. The molecule has 2 heterocycles. The molecule has 0 aromatic heterocycles. The lowest BCUT2D eigenvalue weighted by Gasteiger charge is -2.45. The summed E-state index contributed by atoms with van der Waals surface area (Å²) in [5.41, 5.74) is 2.67. The van der Waals surface area contributed by atoms with Crippen LogP contribution in [0.1, 0.15) is 76.2 Å². The van der Waals surface area contributed by atoms with Gasteiger partial charge in [-0.2, -0.15) is 0 Å². The van der Waals surface area contributed by atoms with Crippen molar-refractivity contribution >= 4 is 12.6 Å². The molecule has 3 nitrogen and oxygen atoms in total. The first-order valence-corrected chi connectivity index (χ1v) is 13.9. The Morgan fingerprint density at radius 2 is 1.29 bits per heavy atom. The van der Waals surface area contributed by atoms with Crippen LogP contribution in [0.3, 0.4) is 0 Å². The highest BCUT2D eigenvalue weighted by Gasteiger charge is 2.45. The largest absolute Gasteiger partial charge is 0.299 e. The molecule has 31 heavy (non-hydrogen) atoms. The fourth-order valence-corrected chi connectivity index (χ4v) is 8.87. The Hall–Kier alpha value is -1.41. The van der Waals surface area contributed by atoms with E-state index < -0.39 is 7.29 Å². The van der Waals surface area contributed by atoms with E-state index in [4.69, 9.17) is 0 Å². The van der Waals surface area contributed by atoms with Crippen LogP contribution in [0.15, 0.2) is 54.6 Å². The van der Waals surface area contributed by atoms with Gasteiger partial charge in [0.05, 0.1) is 0 Å². The Balaban J connectivity index is 1.83. The lowest BCUT2D eigenvalue weighted by atomic mass is 9.86. The van der Waals surface area contributed by atoms with Crippen molar-refractivity contribution < 1.29 is 4.57 Å². The minimum Gasteiger partial charge on any atom is -0.299 e. The SMILES string of the molecule is CC(C)(C)c1ccc([C@@H](N2CCCCC2)[P@](=O)(c2ccccc2)N2CCCCC2)cc1. The molecule has 2 aromatic rings. The molecule has 0 radical (unpaired) electrons. The molecule has 2 aliphatic heterocycles. The van der Waals surface area contributed by atoms with Crippen LogP contribution in [0.5, 0.6) is 0 Å². The van der Waals surface area contributed by atoms with Gasteiger partial charge in [-0.05, 0) is 55.3 Å². The van der Waals surface area contributed by atoms with Gasteiger partial charge in [0, 0.05) is 18.4 Å². The van der Waals surface area contributed by atoms with Gasteiger partial charge in [-0.25, -0.2) is 4.67 Å². The number of nitrogens with zero attached hydrogens (tertiary/aromatic N) is 2. The molecule has 2 fully saturated rings. The molecule has 0 unspecified atom stereocenters. The number of likely N-dealkylation sites (tertiary alicyclic amines) is 1. The lowest BCUT2D eigenvalue weighted by molar-refractivity contribution is 0.198. The van der Waals surface area contributed by atoms with Crippen molar-refractivity contribution in [1.82, 2.24) is 9.57 Å². The Morgan fingerprint density at radius 3 is 1.84 bits per heavy atom. The minimum atomic E-state index is -2.84. The zero-order valence-electron chi connectivity index (χ0n) is 19.6. The summed E-state index contributed by atoms with van der Waals surface area (Å²) in [6.45, 7) is 10.7. The van der Waals surface area contributed by atoms with E-state index in [-0.39, 0.29) is 11.2 Å². The third-order valence-corrected chi connectivity index (χ3v) is 10.6. The normalized spacial score (nSPS) is 22.0. The van der Waals surface area contributed by atoms with Gasteiger partial charge < -0.3 is 0 Å². The van der Waals surface area contributed by atoms with E-state index in [0.717, 1.165) is 44.3 Å². The molecular formula is C27H39N2OP. The van der Waals surface area contributed by atoms with Crippen molar-refractivity contribution in [2.75, 3.05) is 26.2 Å². The summed E-state index contributed by atoms with van der Waals surface area (Å²) < 4.78 is 17.7. The molecule has 4 heteroatoms. The van der Waals surface area contributed by atoms with Crippen LogP contribution >= 0.6 is 7.29 Å². The fraction of sp³-hybridized carbons (Fsp3) is 0.556. The van der Waals surface area contributed by atoms with Crippen LogP contribution in [-0.4, -0.2) is 35.7 Å². The van der Waals surface area contributed by atoms with Gasteiger partial charge in [-0.1, -0.05) is 88.2 Å². The number of benzene rings is 2.